The first-order chi connectivity index (χ1) is 7.20. The van der Waals surface area contributed by atoms with E-state index < -0.39 is 0 Å². The first-order valence-corrected chi connectivity index (χ1v) is 5.91. The maximum Gasteiger partial charge on any atom is 0.239 e. The third-order valence-electron chi connectivity index (χ3n) is 3.27. The van der Waals surface area contributed by atoms with Crippen LogP contribution in [-0.4, -0.2) is 47.7 Å². The molecular weight excluding hydrogens is 192 g/mol. The molecule has 1 saturated heterocycles. The number of nitrogens with one attached hydrogen (secondary N) is 1. The zero-order valence-corrected chi connectivity index (χ0v) is 9.28. The van der Waals surface area contributed by atoms with Crippen LogP contribution in [0.3, 0.4) is 0 Å². The van der Waals surface area contributed by atoms with E-state index in [2.05, 4.69) is 5.32 Å². The molecule has 2 N–H and O–H groups in total. The van der Waals surface area contributed by atoms with Crippen LogP contribution in [0.4, 0.5) is 0 Å². The second-order valence-corrected chi connectivity index (χ2v) is 4.67. The highest BCUT2D eigenvalue weighted by atomic mass is 16.3. The summed E-state index contributed by atoms with van der Waals surface area (Å²) in [5.74, 6) is 0.904. The lowest BCUT2D eigenvalue weighted by molar-refractivity contribution is -0.133. The van der Waals surface area contributed by atoms with Crippen LogP contribution in [0.5, 0.6) is 0 Å². The van der Waals surface area contributed by atoms with E-state index >= 15 is 0 Å². The van der Waals surface area contributed by atoms with Gasteiger partial charge in [-0.1, -0.05) is 0 Å². The Balaban J connectivity index is 1.86. The molecule has 2 unspecified atom stereocenters. The van der Waals surface area contributed by atoms with E-state index in [-0.39, 0.29) is 18.1 Å². The molecule has 0 spiro atoms. The number of rotatable bonds is 4. The molecule has 4 nitrogen and oxygen atoms in total. The fourth-order valence-electron chi connectivity index (χ4n) is 2.11. The summed E-state index contributed by atoms with van der Waals surface area (Å²) in [5, 5.41) is 12.4. The molecule has 1 heterocycles. The number of aliphatic hydroxyl groups is 1. The first-order valence-electron chi connectivity index (χ1n) is 5.91. The van der Waals surface area contributed by atoms with E-state index in [0.717, 1.165) is 19.0 Å². The Morgan fingerprint density at radius 1 is 1.53 bits per heavy atom. The summed E-state index contributed by atoms with van der Waals surface area (Å²) in [5.41, 5.74) is 0. The lowest BCUT2D eigenvalue weighted by atomic mass is 10.1. The van der Waals surface area contributed by atoms with Crippen molar-refractivity contribution >= 4 is 5.91 Å². The normalized spacial score (nSPS) is 30.5. The van der Waals surface area contributed by atoms with Gasteiger partial charge in [-0.05, 0) is 32.1 Å². The van der Waals surface area contributed by atoms with Crippen molar-refractivity contribution in [1.82, 2.24) is 10.2 Å². The molecule has 4 heteroatoms. The smallest absolute Gasteiger partial charge is 0.239 e. The maximum absolute atomic E-state index is 12.0. The Kier molecular flexibility index (Phi) is 3.26. The van der Waals surface area contributed by atoms with Crippen molar-refractivity contribution in [2.45, 2.75) is 38.3 Å². The van der Waals surface area contributed by atoms with Crippen molar-refractivity contribution in [2.24, 2.45) is 5.92 Å². The number of likely N-dealkylation sites (N-methyl/N-ethyl adjacent to an activating group) is 1. The number of amides is 1. The number of hydrogen-bond acceptors (Lipinski definition) is 3. The van der Waals surface area contributed by atoms with Crippen LogP contribution in [0.25, 0.3) is 0 Å². The van der Waals surface area contributed by atoms with Crippen molar-refractivity contribution in [3.63, 3.8) is 0 Å². The molecule has 0 radical (unpaired) electrons. The minimum absolute atomic E-state index is 0.154. The number of aliphatic hydroxyl groups excluding tert-OH is 1. The average molecular weight is 212 g/mol. The summed E-state index contributed by atoms with van der Waals surface area (Å²) in [4.78, 5) is 14.0. The van der Waals surface area contributed by atoms with E-state index in [4.69, 9.17) is 0 Å². The minimum Gasteiger partial charge on any atom is -0.392 e. The van der Waals surface area contributed by atoms with Gasteiger partial charge in [-0.25, -0.2) is 0 Å². The molecule has 2 fully saturated rings. The van der Waals surface area contributed by atoms with Gasteiger partial charge in [0, 0.05) is 19.6 Å². The lowest BCUT2D eigenvalue weighted by Gasteiger charge is -2.24. The molecule has 1 saturated carbocycles. The molecule has 86 valence electrons. The largest absolute Gasteiger partial charge is 0.392 e. The van der Waals surface area contributed by atoms with Gasteiger partial charge in [0.1, 0.15) is 0 Å². The maximum atomic E-state index is 12.0. The van der Waals surface area contributed by atoms with Gasteiger partial charge in [0.15, 0.2) is 0 Å². The number of β-amino-alcohol motifs (C(OH)–C–C–N with tert-alkyl or cyclic N) is 1. The van der Waals surface area contributed by atoms with Crippen LogP contribution in [0, 0.1) is 5.92 Å². The van der Waals surface area contributed by atoms with Gasteiger partial charge in [-0.15, -0.1) is 0 Å². The topological polar surface area (TPSA) is 52.6 Å². The third-order valence-corrected chi connectivity index (χ3v) is 3.27. The Labute approximate surface area is 90.6 Å². The van der Waals surface area contributed by atoms with Gasteiger partial charge < -0.3 is 15.3 Å². The van der Waals surface area contributed by atoms with E-state index in [0.29, 0.717) is 13.0 Å². The van der Waals surface area contributed by atoms with Crippen LogP contribution in [0.2, 0.25) is 0 Å². The molecule has 2 aliphatic rings. The predicted octanol–water partition coefficient (Wildman–Crippen LogP) is -0.0323. The fourth-order valence-corrected chi connectivity index (χ4v) is 2.11. The van der Waals surface area contributed by atoms with E-state index in [1.807, 2.05) is 11.8 Å². The third kappa shape index (κ3) is 2.69. The summed E-state index contributed by atoms with van der Waals surface area (Å²) in [6, 6.07) is -0.154. The van der Waals surface area contributed by atoms with Crippen LogP contribution >= 0.6 is 0 Å². The fraction of sp³-hybridized carbons (Fsp3) is 0.909. The summed E-state index contributed by atoms with van der Waals surface area (Å²) >= 11 is 0. The Morgan fingerprint density at radius 3 is 2.73 bits per heavy atom. The van der Waals surface area contributed by atoms with Crippen molar-refractivity contribution < 1.29 is 9.90 Å². The van der Waals surface area contributed by atoms with E-state index in [1.54, 1.807) is 0 Å². The Hall–Kier alpha value is -0.610. The van der Waals surface area contributed by atoms with Gasteiger partial charge in [0.2, 0.25) is 5.91 Å². The summed E-state index contributed by atoms with van der Waals surface area (Å²) in [7, 11) is 0. The van der Waals surface area contributed by atoms with Crippen LogP contribution in [-0.2, 0) is 4.79 Å². The molecular formula is C11H20N2O2. The highest BCUT2D eigenvalue weighted by molar-refractivity contribution is 5.82. The van der Waals surface area contributed by atoms with Gasteiger partial charge in [0.05, 0.1) is 12.1 Å². The second-order valence-electron chi connectivity index (χ2n) is 4.67. The van der Waals surface area contributed by atoms with Crippen molar-refractivity contribution in [3.05, 3.63) is 0 Å². The molecule has 0 bridgehead atoms. The highest BCUT2D eigenvalue weighted by Crippen LogP contribution is 2.30. The molecule has 15 heavy (non-hydrogen) atoms. The standard InChI is InChI=1S/C11H20N2O2/c1-2-13(7-8-3-4-8)11(15)10-5-9(14)6-12-10/h8-10,12,14H,2-7H2,1H3. The summed E-state index contributed by atoms with van der Waals surface area (Å²) < 4.78 is 0. The van der Waals surface area contributed by atoms with Crippen LogP contribution in [0.1, 0.15) is 26.2 Å². The molecule has 2 atom stereocenters. The summed E-state index contributed by atoms with van der Waals surface area (Å²) in [6.07, 6.45) is 2.76. The van der Waals surface area contributed by atoms with E-state index in [9.17, 15) is 9.90 Å². The number of hydrogen-bond donors (Lipinski definition) is 2. The monoisotopic (exact) mass is 212 g/mol. The van der Waals surface area contributed by atoms with Crippen molar-refractivity contribution in [2.75, 3.05) is 19.6 Å². The van der Waals surface area contributed by atoms with Gasteiger partial charge >= 0.3 is 0 Å². The highest BCUT2D eigenvalue weighted by Gasteiger charge is 2.33. The first kappa shape index (κ1) is 10.9. The molecule has 1 aliphatic carbocycles. The molecule has 0 aromatic rings. The zero-order valence-electron chi connectivity index (χ0n) is 9.28. The predicted molar refractivity (Wildman–Crippen MR) is 57.4 cm³/mol. The van der Waals surface area contributed by atoms with E-state index in [1.165, 1.54) is 12.8 Å². The SMILES string of the molecule is CCN(CC1CC1)C(=O)C1CC(O)CN1. The van der Waals surface area contributed by atoms with Crippen LogP contribution < -0.4 is 5.32 Å². The van der Waals surface area contributed by atoms with Gasteiger partial charge in [-0.3, -0.25) is 4.79 Å². The zero-order chi connectivity index (χ0) is 10.8. The van der Waals surface area contributed by atoms with Gasteiger partial charge in [-0.2, -0.15) is 0 Å². The number of nitrogens with zero attached hydrogens (tertiary/aromatic N) is 1. The molecule has 0 aromatic carbocycles. The van der Waals surface area contributed by atoms with Crippen molar-refractivity contribution in [1.29, 1.82) is 0 Å². The molecule has 2 rings (SSSR count). The average Bonchev–Trinajstić information content (AvgIpc) is 2.95. The number of carbonyl (C=O) groups is 1. The minimum atomic E-state index is -0.349. The second kappa shape index (κ2) is 4.49. The van der Waals surface area contributed by atoms with Gasteiger partial charge in [0.25, 0.3) is 0 Å². The Morgan fingerprint density at radius 2 is 2.27 bits per heavy atom. The Bertz CT molecular complexity index is 241. The molecule has 0 aromatic heterocycles. The number of carbonyl (C=O) groups excluding carboxylic acids is 1. The molecule has 1 amide bonds. The lowest BCUT2D eigenvalue weighted by Crippen LogP contribution is -2.44. The summed E-state index contributed by atoms with van der Waals surface area (Å²) in [6.45, 7) is 4.26. The quantitative estimate of drug-likeness (QED) is 0.688. The van der Waals surface area contributed by atoms with Crippen LogP contribution in [0.15, 0.2) is 0 Å². The molecule has 1 aliphatic heterocycles. The van der Waals surface area contributed by atoms with Crippen molar-refractivity contribution in [3.8, 4) is 0 Å².